The third-order valence-electron chi connectivity index (χ3n) is 6.83. The molecule has 1 saturated heterocycles. The molecule has 0 radical (unpaired) electrons. The maximum atomic E-state index is 12.8. The molecule has 0 amide bonds. The molecule has 0 bridgehead atoms. The van der Waals surface area contributed by atoms with Crippen molar-refractivity contribution in [1.29, 1.82) is 0 Å². The molecule has 11 heteroatoms. The molecule has 184 valence electrons. The number of benzene rings is 1. The highest BCUT2D eigenvalue weighted by atomic mass is 35.5. The molecule has 1 aliphatic heterocycles. The highest BCUT2D eigenvalue weighted by Crippen LogP contribution is 2.64. The lowest BCUT2D eigenvalue weighted by Gasteiger charge is -2.16. The van der Waals surface area contributed by atoms with E-state index in [1.165, 1.54) is 12.1 Å². The number of aromatic nitrogens is 4. The van der Waals surface area contributed by atoms with Crippen LogP contribution >= 0.6 is 24.2 Å². The quantitative estimate of drug-likeness (QED) is 0.303. The Morgan fingerprint density at radius 3 is 2.65 bits per heavy atom. The average Bonchev–Trinajstić information content (AvgIpc) is 3.06. The van der Waals surface area contributed by atoms with Crippen molar-refractivity contribution in [3.8, 4) is 11.6 Å². The lowest BCUT2D eigenvalue weighted by Crippen LogP contribution is -2.23. The highest BCUT2D eigenvalue weighted by Gasteiger charge is 2.57. The smallest absolute Gasteiger partial charge is 0.353 e. The first-order valence-electron chi connectivity index (χ1n) is 11.1. The second kappa shape index (κ2) is 9.54. The van der Waals surface area contributed by atoms with Crippen molar-refractivity contribution in [2.24, 2.45) is 12.5 Å². The first-order chi connectivity index (χ1) is 15.7. The van der Waals surface area contributed by atoms with Gasteiger partial charge in [0.1, 0.15) is 0 Å². The van der Waals surface area contributed by atoms with E-state index in [1.807, 2.05) is 24.6 Å². The lowest BCUT2D eigenvalue weighted by molar-refractivity contribution is -0.137. The van der Waals surface area contributed by atoms with Gasteiger partial charge in [-0.15, -0.1) is 22.6 Å². The molecule has 5 rings (SSSR count). The topological polar surface area (TPSA) is 60.0 Å². The molecule has 2 unspecified atom stereocenters. The second-order valence-electron chi connectivity index (χ2n) is 9.16. The van der Waals surface area contributed by atoms with Gasteiger partial charge in [-0.05, 0) is 68.3 Å². The van der Waals surface area contributed by atoms with Gasteiger partial charge in [-0.1, -0.05) is 29.1 Å². The summed E-state index contributed by atoms with van der Waals surface area (Å²) < 4.78 is 45.7. The van der Waals surface area contributed by atoms with Gasteiger partial charge in [0, 0.05) is 25.4 Å². The molecule has 1 aromatic carbocycles. The maximum Gasteiger partial charge on any atom is 0.416 e. The van der Waals surface area contributed by atoms with Crippen LogP contribution in [0.1, 0.15) is 42.0 Å². The molecule has 0 N–H and O–H groups in total. The van der Waals surface area contributed by atoms with Gasteiger partial charge in [-0.3, -0.25) is 0 Å². The third kappa shape index (κ3) is 4.99. The summed E-state index contributed by atoms with van der Waals surface area (Å²) in [5, 5.41) is 13.2. The van der Waals surface area contributed by atoms with Gasteiger partial charge in [-0.2, -0.15) is 13.2 Å². The number of hydrogen-bond donors (Lipinski definition) is 0. The predicted molar refractivity (Wildman–Crippen MR) is 126 cm³/mol. The van der Waals surface area contributed by atoms with Gasteiger partial charge in [0.15, 0.2) is 5.16 Å². The van der Waals surface area contributed by atoms with E-state index < -0.39 is 11.7 Å². The molecule has 34 heavy (non-hydrogen) atoms. The largest absolute Gasteiger partial charge is 0.416 e. The minimum absolute atomic E-state index is 0. The molecule has 2 aromatic heterocycles. The number of likely N-dealkylation sites (tertiary alicyclic amines) is 1. The van der Waals surface area contributed by atoms with Crippen molar-refractivity contribution >= 4 is 24.2 Å². The zero-order chi connectivity index (χ0) is 23.2. The molecule has 3 heterocycles. The van der Waals surface area contributed by atoms with Crippen molar-refractivity contribution < 1.29 is 17.7 Å². The lowest BCUT2D eigenvalue weighted by atomic mass is 9.97. The Morgan fingerprint density at radius 1 is 1.21 bits per heavy atom. The number of alkyl halides is 3. The minimum Gasteiger partial charge on any atom is -0.353 e. The molecule has 6 nitrogen and oxygen atoms in total. The van der Waals surface area contributed by atoms with Crippen LogP contribution in [0, 0.1) is 12.3 Å². The van der Waals surface area contributed by atoms with Gasteiger partial charge in [0.25, 0.3) is 0 Å². The Balaban J connectivity index is 0.00000274. The zero-order valence-electron chi connectivity index (χ0n) is 19.0. The predicted octanol–water partition coefficient (Wildman–Crippen LogP) is 5.58. The average molecular weight is 514 g/mol. The molecule has 1 spiro atoms. The molecule has 1 saturated carbocycles. The monoisotopic (exact) mass is 513 g/mol. The van der Waals surface area contributed by atoms with E-state index in [0.717, 1.165) is 61.1 Å². The van der Waals surface area contributed by atoms with E-state index in [1.54, 1.807) is 23.9 Å². The number of nitrogens with zero attached hydrogens (tertiary/aromatic N) is 5. The van der Waals surface area contributed by atoms with E-state index in [2.05, 4.69) is 20.3 Å². The number of aryl methyl sites for hydroxylation is 1. The van der Waals surface area contributed by atoms with Gasteiger partial charge in [0.2, 0.25) is 11.6 Å². The van der Waals surface area contributed by atoms with Crippen molar-refractivity contribution in [2.75, 3.05) is 25.4 Å². The number of rotatable bonds is 7. The van der Waals surface area contributed by atoms with Crippen LogP contribution in [0.5, 0.6) is 0 Å². The Bertz CT molecular complexity index is 1130. The van der Waals surface area contributed by atoms with Crippen molar-refractivity contribution in [3.63, 3.8) is 0 Å². The molecular formula is C23H27ClF3N5OS. The van der Waals surface area contributed by atoms with Crippen LogP contribution in [-0.2, 0) is 13.2 Å². The summed E-state index contributed by atoms with van der Waals surface area (Å²) in [4.78, 5) is 2.49. The van der Waals surface area contributed by atoms with Crippen LogP contribution in [0.4, 0.5) is 13.2 Å². The van der Waals surface area contributed by atoms with Gasteiger partial charge >= 0.3 is 6.18 Å². The summed E-state index contributed by atoms with van der Waals surface area (Å²) >= 11 is 1.68. The van der Waals surface area contributed by atoms with Crippen LogP contribution in [0.2, 0.25) is 0 Å². The van der Waals surface area contributed by atoms with Crippen LogP contribution < -0.4 is 0 Å². The van der Waals surface area contributed by atoms with E-state index in [0.29, 0.717) is 17.5 Å². The highest BCUT2D eigenvalue weighted by molar-refractivity contribution is 7.99. The molecule has 2 atom stereocenters. The van der Waals surface area contributed by atoms with E-state index in [-0.39, 0.29) is 17.8 Å². The Kier molecular flexibility index (Phi) is 7.04. The van der Waals surface area contributed by atoms with Gasteiger partial charge in [-0.25, -0.2) is 0 Å². The van der Waals surface area contributed by atoms with Crippen molar-refractivity contribution in [3.05, 3.63) is 47.2 Å². The summed E-state index contributed by atoms with van der Waals surface area (Å²) in [7, 11) is 1.92. The van der Waals surface area contributed by atoms with Crippen molar-refractivity contribution in [2.45, 2.75) is 43.4 Å². The van der Waals surface area contributed by atoms with Crippen LogP contribution in [0.25, 0.3) is 11.6 Å². The molecule has 2 fully saturated rings. The summed E-state index contributed by atoms with van der Waals surface area (Å²) in [5.74, 6) is 2.61. The van der Waals surface area contributed by atoms with E-state index in [4.69, 9.17) is 4.52 Å². The first-order valence-corrected chi connectivity index (χ1v) is 12.1. The fourth-order valence-corrected chi connectivity index (χ4v) is 5.76. The van der Waals surface area contributed by atoms with Crippen LogP contribution in [-0.4, -0.2) is 50.2 Å². The Labute approximate surface area is 206 Å². The van der Waals surface area contributed by atoms with Crippen molar-refractivity contribution in [1.82, 2.24) is 24.8 Å². The minimum atomic E-state index is -4.27. The SMILES string of the molecule is Cc1cc(-c2nnc(SCCCN3CCC4(CC4c4ccc(C(F)(F)F)cc4)C3)n2C)on1.Cl. The summed E-state index contributed by atoms with van der Waals surface area (Å²) in [6.07, 6.45) is -1.04. The molecule has 1 aliphatic carbocycles. The normalized spacial score (nSPS) is 22.3. The van der Waals surface area contributed by atoms with Gasteiger partial charge < -0.3 is 14.0 Å². The zero-order valence-corrected chi connectivity index (χ0v) is 20.6. The summed E-state index contributed by atoms with van der Waals surface area (Å²) in [6.45, 7) is 4.97. The summed E-state index contributed by atoms with van der Waals surface area (Å²) in [6, 6.07) is 7.60. The summed E-state index contributed by atoms with van der Waals surface area (Å²) in [5.41, 5.74) is 1.53. The first kappa shape index (κ1) is 25.1. The van der Waals surface area contributed by atoms with Gasteiger partial charge in [0.05, 0.1) is 11.3 Å². The Morgan fingerprint density at radius 2 is 1.97 bits per heavy atom. The molecular weight excluding hydrogens is 487 g/mol. The fourth-order valence-electron chi connectivity index (χ4n) is 4.93. The second-order valence-corrected chi connectivity index (χ2v) is 10.2. The fraction of sp³-hybridized carbons (Fsp3) is 0.522. The van der Waals surface area contributed by atoms with Crippen LogP contribution in [0.15, 0.2) is 40.0 Å². The third-order valence-corrected chi connectivity index (χ3v) is 7.93. The molecule has 3 aromatic rings. The maximum absolute atomic E-state index is 12.8. The van der Waals surface area contributed by atoms with E-state index >= 15 is 0 Å². The van der Waals surface area contributed by atoms with Crippen LogP contribution in [0.3, 0.4) is 0 Å². The number of hydrogen-bond acceptors (Lipinski definition) is 6. The Hall–Kier alpha value is -2.04. The number of halogens is 4. The van der Waals surface area contributed by atoms with E-state index in [9.17, 15) is 13.2 Å². The molecule has 2 aliphatic rings. The standard InChI is InChI=1S/C23H26F3N5OS.ClH/c1-15-12-19(32-29-15)20-27-28-21(30(20)2)33-11-3-9-31-10-8-22(14-31)13-18(22)16-4-6-17(7-5-16)23(24,25)26;/h4-7,12,18H,3,8-11,13-14H2,1-2H3;1H. The number of thioether (sulfide) groups is 1.